The molecule has 2 aromatic carbocycles. The highest BCUT2D eigenvalue weighted by Crippen LogP contribution is 2.61. The maximum atomic E-state index is 14.1. The van der Waals surface area contributed by atoms with Crippen molar-refractivity contribution in [2.75, 3.05) is 22.9 Å². The van der Waals surface area contributed by atoms with Gasteiger partial charge >= 0.3 is 0 Å². The Morgan fingerprint density at radius 3 is 2.45 bits per heavy atom. The van der Waals surface area contributed by atoms with Crippen LogP contribution in [0.25, 0.3) is 0 Å². The third-order valence-electron chi connectivity index (χ3n) is 7.99. The Morgan fingerprint density at radius 2 is 1.76 bits per heavy atom. The number of likely N-dealkylation sites (N-methyl/N-ethyl adjacent to an activating group) is 1. The minimum absolute atomic E-state index is 0.0779. The van der Waals surface area contributed by atoms with E-state index >= 15 is 0 Å². The van der Waals surface area contributed by atoms with E-state index in [-0.39, 0.29) is 29.5 Å². The molecule has 33 heavy (non-hydrogen) atoms. The number of para-hydroxylation sites is 1. The predicted octanol–water partition coefficient (Wildman–Crippen LogP) is 2.73. The molecule has 4 aliphatic rings. The third kappa shape index (κ3) is 2.33. The van der Waals surface area contributed by atoms with Gasteiger partial charge < -0.3 is 4.90 Å². The minimum atomic E-state index is -1.14. The molecule has 4 atom stereocenters. The van der Waals surface area contributed by atoms with Crippen molar-refractivity contribution in [2.24, 2.45) is 11.8 Å². The highest BCUT2D eigenvalue weighted by atomic mass is 16.2. The zero-order valence-corrected chi connectivity index (χ0v) is 18.7. The molecule has 3 saturated heterocycles. The maximum absolute atomic E-state index is 14.1. The van der Waals surface area contributed by atoms with E-state index in [4.69, 9.17) is 0 Å². The molecule has 0 unspecified atom stereocenters. The zero-order valence-electron chi connectivity index (χ0n) is 18.7. The first-order valence-electron chi connectivity index (χ1n) is 11.6. The van der Waals surface area contributed by atoms with E-state index in [2.05, 4.69) is 4.90 Å². The molecule has 0 aliphatic carbocycles. The van der Waals surface area contributed by atoms with E-state index in [1.807, 2.05) is 31.2 Å². The number of rotatable bonds is 3. The van der Waals surface area contributed by atoms with Gasteiger partial charge in [-0.2, -0.15) is 0 Å². The number of carbonyl (C=O) groups is 4. The zero-order chi connectivity index (χ0) is 23.1. The number of nitrogens with zero attached hydrogens (tertiary/aromatic N) is 3. The van der Waals surface area contributed by atoms with Crippen LogP contribution in [0.15, 0.2) is 48.5 Å². The number of hydrogen-bond acceptors (Lipinski definition) is 5. The first-order chi connectivity index (χ1) is 15.9. The molecule has 2 aromatic rings. The molecule has 0 aromatic heterocycles. The van der Waals surface area contributed by atoms with Crippen molar-refractivity contribution in [3.63, 3.8) is 0 Å². The summed E-state index contributed by atoms with van der Waals surface area (Å²) >= 11 is 0. The first-order valence-corrected chi connectivity index (χ1v) is 11.6. The van der Waals surface area contributed by atoms with Gasteiger partial charge in [0.25, 0.3) is 5.91 Å². The first kappa shape index (κ1) is 20.3. The fourth-order valence-corrected chi connectivity index (χ4v) is 6.75. The number of ketones is 1. The molecule has 4 aliphatic heterocycles. The molecule has 7 nitrogen and oxygen atoms in total. The molecule has 0 radical (unpaired) electrons. The smallest absolute Gasteiger partial charge is 0.253 e. The van der Waals surface area contributed by atoms with E-state index in [9.17, 15) is 19.2 Å². The standard InChI is InChI=1S/C26H25N3O4/c1-3-27-19-8-5-4-7-18(19)26(25(27)33)22-21(20-9-6-14-28(20)26)23(31)29(24(22)32)17-12-10-16(11-13-17)15(2)30/h4-5,7-8,10-13,20-22H,3,6,9,14H2,1-2H3/t20-,21+,22-,26+/m0/s1. The molecular formula is C26H25N3O4. The summed E-state index contributed by atoms with van der Waals surface area (Å²) in [5, 5.41) is 0. The summed E-state index contributed by atoms with van der Waals surface area (Å²) in [7, 11) is 0. The van der Waals surface area contributed by atoms with Crippen molar-refractivity contribution in [1.29, 1.82) is 0 Å². The molecule has 0 N–H and O–H groups in total. The molecule has 1 spiro atoms. The number of amides is 3. The molecule has 4 heterocycles. The van der Waals surface area contributed by atoms with Crippen molar-refractivity contribution in [2.45, 2.75) is 38.3 Å². The number of hydrogen-bond donors (Lipinski definition) is 0. The molecule has 0 bridgehead atoms. The number of anilines is 2. The largest absolute Gasteiger partial charge is 0.310 e. The van der Waals surface area contributed by atoms with Crippen molar-refractivity contribution in [1.82, 2.24) is 4.90 Å². The minimum Gasteiger partial charge on any atom is -0.310 e. The number of benzene rings is 2. The van der Waals surface area contributed by atoms with E-state index in [0.717, 1.165) is 24.1 Å². The molecule has 7 heteroatoms. The van der Waals surface area contributed by atoms with E-state index < -0.39 is 17.4 Å². The lowest BCUT2D eigenvalue weighted by atomic mass is 9.75. The normalized spacial score (nSPS) is 30.4. The monoisotopic (exact) mass is 443 g/mol. The van der Waals surface area contributed by atoms with Gasteiger partial charge in [0.2, 0.25) is 11.8 Å². The Morgan fingerprint density at radius 1 is 1.03 bits per heavy atom. The second kappa shape index (κ2) is 6.84. The predicted molar refractivity (Wildman–Crippen MR) is 122 cm³/mol. The second-order valence-electron chi connectivity index (χ2n) is 9.35. The highest BCUT2D eigenvalue weighted by Gasteiger charge is 2.75. The van der Waals surface area contributed by atoms with Gasteiger partial charge in [0.05, 0.1) is 17.5 Å². The van der Waals surface area contributed by atoms with Crippen LogP contribution in [0, 0.1) is 11.8 Å². The summed E-state index contributed by atoms with van der Waals surface area (Å²) in [6.45, 7) is 4.62. The van der Waals surface area contributed by atoms with E-state index in [1.165, 1.54) is 11.8 Å². The average molecular weight is 444 g/mol. The van der Waals surface area contributed by atoms with Gasteiger partial charge in [-0.15, -0.1) is 0 Å². The van der Waals surface area contributed by atoms with Crippen molar-refractivity contribution >= 4 is 34.9 Å². The Bertz CT molecular complexity index is 1220. The fraction of sp³-hybridized carbons (Fsp3) is 0.385. The topological polar surface area (TPSA) is 78.0 Å². The summed E-state index contributed by atoms with van der Waals surface area (Å²) in [6.07, 6.45) is 1.69. The molecule has 3 amide bonds. The molecule has 6 rings (SSSR count). The fourth-order valence-electron chi connectivity index (χ4n) is 6.75. The van der Waals surface area contributed by atoms with Crippen molar-refractivity contribution in [3.05, 3.63) is 59.7 Å². The summed E-state index contributed by atoms with van der Waals surface area (Å²) in [4.78, 5) is 58.7. The van der Waals surface area contributed by atoms with Crippen LogP contribution in [0.5, 0.6) is 0 Å². The Kier molecular flexibility index (Phi) is 4.21. The van der Waals surface area contributed by atoms with Crippen LogP contribution in [0.1, 0.15) is 42.6 Å². The summed E-state index contributed by atoms with van der Waals surface area (Å²) < 4.78 is 0. The quantitative estimate of drug-likeness (QED) is 0.539. The van der Waals surface area contributed by atoms with Crippen LogP contribution in [-0.2, 0) is 19.9 Å². The van der Waals surface area contributed by atoms with E-state index in [1.54, 1.807) is 29.2 Å². The van der Waals surface area contributed by atoms with Crippen LogP contribution < -0.4 is 9.80 Å². The SMILES string of the molecule is CCN1C(=O)[C@@]2(c3ccccc31)[C@@H]1C(=O)N(c3ccc(C(C)=O)cc3)C(=O)[C@@H]1[C@@H]1CCCN12. The van der Waals surface area contributed by atoms with Gasteiger partial charge in [-0.05, 0) is 63.6 Å². The Labute approximate surface area is 191 Å². The molecular weight excluding hydrogens is 418 g/mol. The van der Waals surface area contributed by atoms with Gasteiger partial charge in [-0.1, -0.05) is 18.2 Å². The van der Waals surface area contributed by atoms with Crippen LogP contribution in [0.3, 0.4) is 0 Å². The van der Waals surface area contributed by atoms with Crippen molar-refractivity contribution in [3.8, 4) is 0 Å². The van der Waals surface area contributed by atoms with Crippen LogP contribution >= 0.6 is 0 Å². The number of Topliss-reactive ketones (excluding diaryl/α,β-unsaturated/α-hetero) is 1. The van der Waals surface area contributed by atoms with Gasteiger partial charge in [0.15, 0.2) is 5.78 Å². The van der Waals surface area contributed by atoms with E-state index in [0.29, 0.717) is 24.3 Å². The molecule has 168 valence electrons. The number of imide groups is 1. The van der Waals surface area contributed by atoms with Crippen molar-refractivity contribution < 1.29 is 19.2 Å². The van der Waals surface area contributed by atoms with Gasteiger partial charge in [0, 0.05) is 29.4 Å². The van der Waals surface area contributed by atoms with Crippen LogP contribution in [-0.4, -0.2) is 47.5 Å². The summed E-state index contributed by atoms with van der Waals surface area (Å²) in [5.74, 6) is -2.05. The van der Waals surface area contributed by atoms with Crippen LogP contribution in [0.2, 0.25) is 0 Å². The highest BCUT2D eigenvalue weighted by molar-refractivity contribution is 6.26. The Balaban J connectivity index is 1.52. The van der Waals surface area contributed by atoms with Crippen LogP contribution in [0.4, 0.5) is 11.4 Å². The van der Waals surface area contributed by atoms with Gasteiger partial charge in [-0.3, -0.25) is 24.1 Å². The lowest BCUT2D eigenvalue weighted by Gasteiger charge is -2.37. The lowest BCUT2D eigenvalue weighted by molar-refractivity contribution is -0.137. The number of fused-ring (bicyclic) bond motifs is 7. The Hall–Kier alpha value is -3.32. The second-order valence-corrected chi connectivity index (χ2v) is 9.35. The molecule has 0 saturated carbocycles. The summed E-state index contributed by atoms with van der Waals surface area (Å²) in [6, 6.07) is 14.1. The molecule has 3 fully saturated rings. The summed E-state index contributed by atoms with van der Waals surface area (Å²) in [5.41, 5.74) is 1.51. The average Bonchev–Trinajstić information content (AvgIpc) is 3.51. The van der Waals surface area contributed by atoms with Gasteiger partial charge in [-0.25, -0.2) is 4.90 Å². The number of carbonyl (C=O) groups excluding carboxylic acids is 4. The van der Waals surface area contributed by atoms with Gasteiger partial charge in [0.1, 0.15) is 5.54 Å². The third-order valence-corrected chi connectivity index (χ3v) is 7.99. The lowest BCUT2D eigenvalue weighted by Crippen LogP contribution is -2.56. The maximum Gasteiger partial charge on any atom is 0.253 e.